The summed E-state index contributed by atoms with van der Waals surface area (Å²) < 4.78 is 2.32. The van der Waals surface area contributed by atoms with Crippen molar-refractivity contribution < 1.29 is 4.57 Å². The van der Waals surface area contributed by atoms with E-state index in [0.29, 0.717) is 5.92 Å². The van der Waals surface area contributed by atoms with Crippen LogP contribution in [0.2, 0.25) is 0 Å². The number of fused-ring (bicyclic) bond motifs is 5. The topological polar surface area (TPSA) is 3.88 Å². The fourth-order valence-electron chi connectivity index (χ4n) is 5.53. The molecule has 158 valence electrons. The van der Waals surface area contributed by atoms with Crippen LogP contribution in [0.15, 0.2) is 70.6 Å². The molecule has 4 aromatic carbocycles. The maximum absolute atomic E-state index is 2.41. The van der Waals surface area contributed by atoms with Crippen molar-refractivity contribution in [1.29, 1.82) is 0 Å². The van der Waals surface area contributed by atoms with E-state index in [0.717, 1.165) is 6.42 Å². The number of hydrogen-bond donors (Lipinski definition) is 0. The second-order valence-corrected chi connectivity index (χ2v) is 10.7. The molecule has 1 aromatic heterocycles. The summed E-state index contributed by atoms with van der Waals surface area (Å²) in [5.74, 6) is 0.664. The maximum Gasteiger partial charge on any atom is 0.222 e. The van der Waals surface area contributed by atoms with E-state index in [9.17, 15) is 0 Å². The molecule has 1 nitrogen and oxygen atoms in total. The lowest BCUT2D eigenvalue weighted by Gasteiger charge is -2.24. The third kappa shape index (κ3) is 2.75. The van der Waals surface area contributed by atoms with Gasteiger partial charge in [-0.15, -0.1) is 0 Å². The molecule has 2 heteroatoms. The highest BCUT2D eigenvalue weighted by atomic mass is 32.2. The highest BCUT2D eigenvalue weighted by Crippen LogP contribution is 2.53. The second kappa shape index (κ2) is 7.08. The molecule has 0 saturated carbocycles. The Hall–Kier alpha value is -2.84. The first kappa shape index (κ1) is 19.8. The fraction of sp³-hybridized carbons (Fsp3) is 0.233. The van der Waals surface area contributed by atoms with Crippen molar-refractivity contribution in [2.24, 2.45) is 13.0 Å². The predicted octanol–water partition coefficient (Wildman–Crippen LogP) is 7.92. The van der Waals surface area contributed by atoms with Crippen molar-refractivity contribution >= 4 is 44.1 Å². The van der Waals surface area contributed by atoms with E-state index in [-0.39, 0.29) is 0 Å². The van der Waals surface area contributed by atoms with Crippen molar-refractivity contribution in [1.82, 2.24) is 0 Å². The summed E-state index contributed by atoms with van der Waals surface area (Å²) in [5, 5.41) is 8.20. The van der Waals surface area contributed by atoms with Gasteiger partial charge in [-0.3, -0.25) is 0 Å². The first-order valence-corrected chi connectivity index (χ1v) is 12.3. The van der Waals surface area contributed by atoms with Crippen molar-refractivity contribution in [2.75, 3.05) is 0 Å². The summed E-state index contributed by atoms with van der Waals surface area (Å²) in [7, 11) is 2.19. The van der Waals surface area contributed by atoms with Crippen LogP contribution in [0.4, 0.5) is 0 Å². The summed E-state index contributed by atoms with van der Waals surface area (Å²) >= 11 is 1.98. The lowest BCUT2D eigenvalue weighted by molar-refractivity contribution is -0.659. The monoisotopic (exact) mass is 434 g/mol. The molecule has 5 aromatic rings. The van der Waals surface area contributed by atoms with Crippen LogP contribution in [0.3, 0.4) is 0 Å². The van der Waals surface area contributed by atoms with E-state index in [1.807, 2.05) is 11.8 Å². The first-order valence-electron chi connectivity index (χ1n) is 11.5. The third-order valence-electron chi connectivity index (χ3n) is 7.02. The molecular weight excluding hydrogens is 406 g/mol. The molecular formula is C30H28NS+. The molecule has 0 bridgehead atoms. The molecule has 6 rings (SSSR count). The van der Waals surface area contributed by atoms with Gasteiger partial charge < -0.3 is 0 Å². The van der Waals surface area contributed by atoms with Gasteiger partial charge in [-0.25, -0.2) is 4.57 Å². The Bertz CT molecular complexity index is 1580. The van der Waals surface area contributed by atoms with Crippen LogP contribution in [-0.4, -0.2) is 0 Å². The van der Waals surface area contributed by atoms with Crippen LogP contribution in [0.5, 0.6) is 0 Å². The number of benzene rings is 4. The molecule has 0 saturated heterocycles. The lowest BCUT2D eigenvalue weighted by atomic mass is 9.90. The zero-order valence-electron chi connectivity index (χ0n) is 19.4. The van der Waals surface area contributed by atoms with Gasteiger partial charge in [0.05, 0.1) is 10.9 Å². The van der Waals surface area contributed by atoms with Crippen LogP contribution < -0.4 is 4.57 Å². The summed E-state index contributed by atoms with van der Waals surface area (Å²) in [5.41, 5.74) is 6.96. The van der Waals surface area contributed by atoms with Crippen LogP contribution in [0, 0.1) is 19.8 Å². The van der Waals surface area contributed by atoms with Gasteiger partial charge >= 0.3 is 0 Å². The molecule has 2 heterocycles. The Morgan fingerprint density at radius 3 is 2.31 bits per heavy atom. The molecule has 0 amide bonds. The Morgan fingerprint density at radius 2 is 1.56 bits per heavy atom. The van der Waals surface area contributed by atoms with Gasteiger partial charge in [0.25, 0.3) is 0 Å². The summed E-state index contributed by atoms with van der Waals surface area (Å²) in [4.78, 5) is 2.82. The van der Waals surface area contributed by atoms with E-state index >= 15 is 0 Å². The molecule has 0 radical (unpaired) electrons. The Kier molecular flexibility index (Phi) is 4.39. The van der Waals surface area contributed by atoms with Crippen LogP contribution in [0.1, 0.15) is 30.5 Å². The van der Waals surface area contributed by atoms with E-state index in [1.54, 1.807) is 0 Å². The van der Waals surface area contributed by atoms with Crippen molar-refractivity contribution in [2.45, 2.75) is 43.9 Å². The SMILES string of the molecule is Cc1c2c(c(C)c3ccccc13)-c1c3c(c4ccc(CC(C)C)cc4cc3cc[n+]1C)S2. The Balaban J connectivity index is 1.75. The third-order valence-corrected chi connectivity index (χ3v) is 8.36. The van der Waals surface area contributed by atoms with Gasteiger partial charge in [0.15, 0.2) is 6.20 Å². The molecule has 32 heavy (non-hydrogen) atoms. The number of hydrogen-bond acceptors (Lipinski definition) is 1. The van der Waals surface area contributed by atoms with Gasteiger partial charge in [0.1, 0.15) is 7.05 Å². The molecule has 0 spiro atoms. The van der Waals surface area contributed by atoms with Crippen LogP contribution in [-0.2, 0) is 13.5 Å². The van der Waals surface area contributed by atoms with Crippen LogP contribution >= 0.6 is 11.8 Å². The minimum absolute atomic E-state index is 0.664. The van der Waals surface area contributed by atoms with Crippen molar-refractivity contribution in [3.8, 4) is 11.3 Å². The standard InChI is InChI=1S/C30H28NS/c1-17(2)14-20-10-11-25-22(15-20)16-21-12-13-31(5)28-26-18(3)23-8-6-7-9-24(23)19(4)29(26)32-30(25)27(21)28/h6-13,15-17H,14H2,1-5H3/q+1. The van der Waals surface area contributed by atoms with Gasteiger partial charge in [-0.2, -0.15) is 0 Å². The minimum atomic E-state index is 0.664. The zero-order valence-corrected chi connectivity index (χ0v) is 20.2. The van der Waals surface area contributed by atoms with Gasteiger partial charge in [-0.1, -0.05) is 68.1 Å². The summed E-state index contributed by atoms with van der Waals surface area (Å²) in [6.07, 6.45) is 3.35. The first-order chi connectivity index (χ1) is 15.4. The normalized spacial score (nSPS) is 12.8. The summed E-state index contributed by atoms with van der Waals surface area (Å²) in [6, 6.07) is 20.7. The number of nitrogens with zero attached hydrogens (tertiary/aromatic N) is 1. The molecule has 0 aliphatic carbocycles. The number of aromatic nitrogens is 1. The Morgan fingerprint density at radius 1 is 0.812 bits per heavy atom. The molecule has 1 aliphatic rings. The van der Waals surface area contributed by atoms with E-state index < -0.39 is 0 Å². The predicted molar refractivity (Wildman–Crippen MR) is 138 cm³/mol. The minimum Gasteiger partial charge on any atom is -0.200 e. The highest BCUT2D eigenvalue weighted by molar-refractivity contribution is 8.00. The van der Waals surface area contributed by atoms with Gasteiger partial charge in [0, 0.05) is 15.9 Å². The number of pyridine rings is 1. The fourth-order valence-corrected chi connectivity index (χ4v) is 6.97. The maximum atomic E-state index is 2.41. The molecule has 0 unspecified atom stereocenters. The quantitative estimate of drug-likeness (QED) is 0.198. The highest BCUT2D eigenvalue weighted by Gasteiger charge is 2.31. The van der Waals surface area contributed by atoms with Crippen molar-refractivity contribution in [3.63, 3.8) is 0 Å². The second-order valence-electron chi connectivity index (χ2n) is 9.70. The molecule has 1 aliphatic heterocycles. The smallest absolute Gasteiger partial charge is 0.200 e. The van der Waals surface area contributed by atoms with Gasteiger partial charge in [0.2, 0.25) is 5.69 Å². The lowest BCUT2D eigenvalue weighted by Crippen LogP contribution is -2.31. The van der Waals surface area contributed by atoms with E-state index in [2.05, 4.69) is 100 Å². The number of aryl methyl sites for hydroxylation is 3. The van der Waals surface area contributed by atoms with Gasteiger partial charge in [-0.05, 0) is 75.9 Å². The van der Waals surface area contributed by atoms with Crippen LogP contribution in [0.25, 0.3) is 43.6 Å². The van der Waals surface area contributed by atoms with E-state index in [4.69, 9.17) is 0 Å². The van der Waals surface area contributed by atoms with E-state index in [1.165, 1.54) is 70.1 Å². The number of rotatable bonds is 2. The molecule has 0 atom stereocenters. The average molecular weight is 435 g/mol. The zero-order chi connectivity index (χ0) is 22.1. The summed E-state index contributed by atoms with van der Waals surface area (Å²) in [6.45, 7) is 9.18. The van der Waals surface area contributed by atoms with Crippen molar-refractivity contribution in [3.05, 3.63) is 77.5 Å². The molecule has 0 N–H and O–H groups in total. The Labute approximate surface area is 194 Å². The largest absolute Gasteiger partial charge is 0.222 e. The molecule has 0 fully saturated rings. The average Bonchev–Trinajstić information content (AvgIpc) is 2.78.